The van der Waals surface area contributed by atoms with E-state index in [1.165, 1.54) is 41.8 Å². The molecule has 2 saturated heterocycles. The number of rotatable bonds is 6. The van der Waals surface area contributed by atoms with Gasteiger partial charge in [0.1, 0.15) is 17.3 Å². The van der Waals surface area contributed by atoms with Crippen LogP contribution in [-0.2, 0) is 15.6 Å². The number of likely N-dealkylation sites (tertiary alicyclic amines) is 1. The first-order chi connectivity index (χ1) is 16.6. The van der Waals surface area contributed by atoms with Gasteiger partial charge in [-0.3, -0.25) is 4.90 Å². The van der Waals surface area contributed by atoms with Crippen LogP contribution in [0.25, 0.3) is 10.2 Å². The fourth-order valence-corrected chi connectivity index (χ4v) is 8.44. The second-order valence-corrected chi connectivity index (χ2v) is 18.9. The van der Waals surface area contributed by atoms with Gasteiger partial charge in [-0.25, -0.2) is 9.97 Å². The van der Waals surface area contributed by atoms with Gasteiger partial charge >= 0.3 is 0 Å². The van der Waals surface area contributed by atoms with E-state index in [2.05, 4.69) is 48.7 Å². The van der Waals surface area contributed by atoms with Gasteiger partial charge in [-0.2, -0.15) is 0 Å². The van der Waals surface area contributed by atoms with Crippen molar-refractivity contribution >= 4 is 29.9 Å². The Balaban J connectivity index is 1.13. The van der Waals surface area contributed by atoms with Crippen LogP contribution in [0.15, 0.2) is 6.33 Å². The summed E-state index contributed by atoms with van der Waals surface area (Å²) in [6, 6.07) is 0.716. The first-order valence-corrected chi connectivity index (χ1v) is 17.3. The summed E-state index contributed by atoms with van der Waals surface area (Å²) < 4.78 is 18.8. The lowest BCUT2D eigenvalue weighted by Crippen LogP contribution is -2.68. The Morgan fingerprint density at radius 3 is 2.51 bits per heavy atom. The molecule has 4 heterocycles. The van der Waals surface area contributed by atoms with Crippen molar-refractivity contribution in [2.45, 2.75) is 95.5 Å². The molecular formula is C27H41N3O3SSi. The SMILES string of the molecule is CC(C)(C)[Si](C)(C)OC[C@H]1CCc2sc3ncnc(OC4CCC(N5CC6(COC6)C5)CC4)c3c21. The molecule has 2 aromatic rings. The maximum atomic E-state index is 6.67. The highest BCUT2D eigenvalue weighted by Gasteiger charge is 2.51. The fourth-order valence-electron chi connectivity index (χ4n) is 6.15. The van der Waals surface area contributed by atoms with Crippen molar-refractivity contribution in [3.8, 4) is 5.88 Å². The molecule has 0 aromatic carbocycles. The van der Waals surface area contributed by atoms with Crippen LogP contribution in [0.1, 0.15) is 69.2 Å². The summed E-state index contributed by atoms with van der Waals surface area (Å²) in [5, 5.41) is 1.40. The zero-order valence-corrected chi connectivity index (χ0v) is 23.9. The summed E-state index contributed by atoms with van der Waals surface area (Å²) in [6.45, 7) is 16.9. The first-order valence-electron chi connectivity index (χ1n) is 13.5. The largest absolute Gasteiger partial charge is 0.474 e. The molecule has 2 aromatic heterocycles. The van der Waals surface area contributed by atoms with Crippen molar-refractivity contribution < 1.29 is 13.9 Å². The zero-order valence-electron chi connectivity index (χ0n) is 22.1. The quantitative estimate of drug-likeness (QED) is 0.456. The number of aromatic nitrogens is 2. The second-order valence-electron chi connectivity index (χ2n) is 13.1. The molecule has 1 atom stereocenters. The Hall–Kier alpha value is -1.06. The minimum absolute atomic E-state index is 0.226. The van der Waals surface area contributed by atoms with Crippen LogP contribution in [0, 0.1) is 5.41 Å². The Bertz CT molecular complexity index is 1080. The predicted octanol–water partition coefficient (Wildman–Crippen LogP) is 5.77. The Morgan fingerprint density at radius 2 is 1.86 bits per heavy atom. The number of fused-ring (bicyclic) bond motifs is 3. The van der Waals surface area contributed by atoms with Crippen LogP contribution in [-0.4, -0.2) is 68.2 Å². The molecule has 1 saturated carbocycles. The van der Waals surface area contributed by atoms with Crippen LogP contribution in [0.4, 0.5) is 0 Å². The summed E-state index contributed by atoms with van der Waals surface area (Å²) in [5.74, 6) is 1.23. The second kappa shape index (κ2) is 8.76. The molecule has 0 bridgehead atoms. The van der Waals surface area contributed by atoms with Gasteiger partial charge in [-0.15, -0.1) is 11.3 Å². The van der Waals surface area contributed by atoms with Crippen LogP contribution in [0.2, 0.25) is 18.1 Å². The van der Waals surface area contributed by atoms with E-state index in [1.807, 2.05) is 11.3 Å². The minimum Gasteiger partial charge on any atom is -0.474 e. The number of ether oxygens (including phenoxy) is 2. The average Bonchev–Trinajstić information content (AvgIpc) is 3.30. The van der Waals surface area contributed by atoms with Gasteiger partial charge < -0.3 is 13.9 Å². The minimum atomic E-state index is -1.78. The monoisotopic (exact) mass is 515 g/mol. The number of hydrogen-bond donors (Lipinski definition) is 0. The van der Waals surface area contributed by atoms with E-state index in [0.717, 1.165) is 56.2 Å². The van der Waals surface area contributed by atoms with Crippen molar-refractivity contribution in [3.63, 3.8) is 0 Å². The summed E-state index contributed by atoms with van der Waals surface area (Å²) in [7, 11) is -1.78. The van der Waals surface area contributed by atoms with Gasteiger partial charge in [0.05, 0.1) is 18.6 Å². The van der Waals surface area contributed by atoms with Crippen LogP contribution in [0.5, 0.6) is 5.88 Å². The molecule has 3 fully saturated rings. The van der Waals surface area contributed by atoms with E-state index in [0.29, 0.717) is 17.4 Å². The zero-order chi connectivity index (χ0) is 24.4. The molecule has 6 rings (SSSR count). The third kappa shape index (κ3) is 4.37. The predicted molar refractivity (Wildman–Crippen MR) is 143 cm³/mol. The Morgan fingerprint density at radius 1 is 1.11 bits per heavy atom. The van der Waals surface area contributed by atoms with E-state index in [1.54, 1.807) is 6.33 Å². The van der Waals surface area contributed by atoms with Gasteiger partial charge in [-0.1, -0.05) is 20.8 Å². The maximum absolute atomic E-state index is 6.67. The van der Waals surface area contributed by atoms with Crippen LogP contribution < -0.4 is 4.74 Å². The summed E-state index contributed by atoms with van der Waals surface area (Å²) in [4.78, 5) is 14.5. The fraction of sp³-hybridized carbons (Fsp3) is 0.778. The third-order valence-corrected chi connectivity index (χ3v) is 15.2. The topological polar surface area (TPSA) is 56.7 Å². The molecule has 0 amide bonds. The van der Waals surface area contributed by atoms with Crippen molar-refractivity contribution in [1.29, 1.82) is 0 Å². The molecule has 192 valence electrons. The van der Waals surface area contributed by atoms with E-state index in [4.69, 9.17) is 13.9 Å². The Kier molecular flexibility index (Phi) is 6.08. The first kappa shape index (κ1) is 24.3. The molecule has 0 radical (unpaired) electrons. The van der Waals surface area contributed by atoms with Gasteiger partial charge in [0, 0.05) is 41.9 Å². The van der Waals surface area contributed by atoms with Crippen molar-refractivity contribution in [2.75, 3.05) is 32.9 Å². The van der Waals surface area contributed by atoms with Gasteiger partial charge in [0.25, 0.3) is 0 Å². The van der Waals surface area contributed by atoms with E-state index >= 15 is 0 Å². The van der Waals surface area contributed by atoms with Crippen LogP contribution >= 0.6 is 11.3 Å². The maximum Gasteiger partial charge on any atom is 0.225 e. The summed E-state index contributed by atoms with van der Waals surface area (Å²) in [6.07, 6.45) is 8.89. The number of hydrogen-bond acceptors (Lipinski definition) is 7. The van der Waals surface area contributed by atoms with E-state index in [-0.39, 0.29) is 11.1 Å². The molecule has 4 aliphatic rings. The highest BCUT2D eigenvalue weighted by Crippen LogP contribution is 2.48. The van der Waals surface area contributed by atoms with Crippen LogP contribution in [0.3, 0.4) is 0 Å². The average molecular weight is 516 g/mol. The molecule has 1 spiro atoms. The van der Waals surface area contributed by atoms with Gasteiger partial charge in [-0.05, 0) is 62.2 Å². The van der Waals surface area contributed by atoms with Gasteiger partial charge in [0.15, 0.2) is 8.32 Å². The smallest absolute Gasteiger partial charge is 0.225 e. The third-order valence-electron chi connectivity index (χ3n) is 9.48. The van der Waals surface area contributed by atoms with Crippen molar-refractivity contribution in [2.24, 2.45) is 5.41 Å². The van der Waals surface area contributed by atoms with E-state index < -0.39 is 8.32 Å². The van der Waals surface area contributed by atoms with Gasteiger partial charge in [0.2, 0.25) is 5.88 Å². The highest BCUT2D eigenvalue weighted by atomic mass is 32.1. The molecule has 0 N–H and O–H groups in total. The molecule has 2 aliphatic carbocycles. The molecule has 2 aliphatic heterocycles. The normalized spacial score (nSPS) is 28.7. The standard InChI is InChI=1S/C27H41N3O3SSi/c1-26(2,3)35(4,5)32-12-18-6-11-21-22(18)23-24(28-17-29-25(23)34-21)33-20-9-7-19(8-10-20)30-13-27(14-30)15-31-16-27/h17-20H,6-16H2,1-5H3/t18-,19?,20?/m1/s1. The van der Waals surface area contributed by atoms with Crippen molar-refractivity contribution in [3.05, 3.63) is 16.8 Å². The molecule has 8 heteroatoms. The molecule has 35 heavy (non-hydrogen) atoms. The number of aryl methyl sites for hydroxylation is 1. The molecule has 0 unspecified atom stereocenters. The lowest BCUT2D eigenvalue weighted by Gasteiger charge is -2.58. The van der Waals surface area contributed by atoms with E-state index in [9.17, 15) is 0 Å². The lowest BCUT2D eigenvalue weighted by atomic mass is 9.75. The summed E-state index contributed by atoms with van der Waals surface area (Å²) >= 11 is 1.84. The summed E-state index contributed by atoms with van der Waals surface area (Å²) in [5.41, 5.74) is 1.92. The van der Waals surface area contributed by atoms with Crippen molar-refractivity contribution in [1.82, 2.24) is 14.9 Å². The lowest BCUT2D eigenvalue weighted by molar-refractivity contribution is -0.201. The molecule has 6 nitrogen and oxygen atoms in total. The highest BCUT2D eigenvalue weighted by molar-refractivity contribution is 7.19. The number of nitrogens with zero attached hydrogens (tertiary/aromatic N) is 3. The Labute approximate surface area is 214 Å². The number of thiophene rings is 1. The molecular weight excluding hydrogens is 474 g/mol.